The van der Waals surface area contributed by atoms with Crippen LogP contribution in [0.5, 0.6) is 0 Å². The van der Waals surface area contributed by atoms with Crippen LogP contribution < -0.4 is 5.73 Å². The molecule has 0 aliphatic rings. The summed E-state index contributed by atoms with van der Waals surface area (Å²) in [4.78, 5) is 21.0. The van der Waals surface area contributed by atoms with E-state index in [-0.39, 0.29) is 0 Å². The zero-order valence-electron chi connectivity index (χ0n) is 13.1. The van der Waals surface area contributed by atoms with Crippen LogP contribution in [0.1, 0.15) is 10.5 Å². The minimum absolute atomic E-state index is 0.292. The van der Waals surface area contributed by atoms with E-state index >= 15 is 0 Å². The Kier molecular flexibility index (Phi) is 3.71. The number of nitrogens with two attached hydrogens (primary N) is 1. The molecule has 3 aromatic heterocycles. The number of imidazole rings is 1. The van der Waals surface area contributed by atoms with Crippen molar-refractivity contribution < 1.29 is 4.79 Å². The number of primary amides is 1. The molecule has 0 unspecified atom stereocenters. The predicted octanol–water partition coefficient (Wildman–Crippen LogP) is 3.82. The maximum atomic E-state index is 12.1. The first kappa shape index (κ1) is 15.4. The van der Waals surface area contributed by atoms with Crippen LogP contribution in [0.3, 0.4) is 0 Å². The van der Waals surface area contributed by atoms with Gasteiger partial charge < -0.3 is 5.73 Å². The topological polar surface area (TPSA) is 73.3 Å². The Morgan fingerprint density at radius 1 is 1.04 bits per heavy atom. The summed E-state index contributed by atoms with van der Waals surface area (Å²) < 4.78 is 1.69. The Balaban J connectivity index is 1.99. The zero-order chi connectivity index (χ0) is 17.4. The molecular formula is C19H13ClN4O. The quantitative estimate of drug-likeness (QED) is 0.611. The lowest BCUT2D eigenvalue weighted by molar-refractivity contribution is 0.0995. The number of aromatic nitrogens is 3. The Morgan fingerprint density at radius 3 is 2.56 bits per heavy atom. The minimum atomic E-state index is -0.569. The van der Waals surface area contributed by atoms with Crippen molar-refractivity contribution in [1.82, 2.24) is 14.4 Å². The Morgan fingerprint density at radius 2 is 1.84 bits per heavy atom. The molecule has 25 heavy (non-hydrogen) atoms. The van der Waals surface area contributed by atoms with Gasteiger partial charge in [0.15, 0.2) is 0 Å². The molecule has 0 spiro atoms. The van der Waals surface area contributed by atoms with Gasteiger partial charge in [0.2, 0.25) is 0 Å². The number of pyridine rings is 2. The number of carbonyl (C=O) groups excluding carboxylic acids is 1. The van der Waals surface area contributed by atoms with E-state index < -0.39 is 5.91 Å². The first-order chi connectivity index (χ1) is 12.1. The molecule has 4 rings (SSSR count). The maximum Gasteiger partial charge on any atom is 0.268 e. The summed E-state index contributed by atoms with van der Waals surface area (Å²) in [5.41, 5.74) is 9.34. The lowest BCUT2D eigenvalue weighted by atomic mass is 10.1. The highest BCUT2D eigenvalue weighted by atomic mass is 35.5. The third-order valence-corrected chi connectivity index (χ3v) is 4.27. The van der Waals surface area contributed by atoms with Gasteiger partial charge in [0.1, 0.15) is 17.0 Å². The van der Waals surface area contributed by atoms with Crippen LogP contribution in [0.2, 0.25) is 5.02 Å². The van der Waals surface area contributed by atoms with Crippen molar-refractivity contribution in [3.05, 3.63) is 77.7 Å². The second-order valence-corrected chi connectivity index (χ2v) is 5.92. The number of rotatable bonds is 3. The number of fused-ring (bicyclic) bond motifs is 1. The van der Waals surface area contributed by atoms with Crippen LogP contribution in [0, 0.1) is 0 Å². The molecule has 0 bridgehead atoms. The lowest BCUT2D eigenvalue weighted by Crippen LogP contribution is -2.15. The SMILES string of the molecule is NC(=O)c1c(-c2ccccc2Cl)nc2ccc(-c3ccccn3)cn12. The van der Waals surface area contributed by atoms with Crippen molar-refractivity contribution in [2.75, 3.05) is 0 Å². The molecule has 2 N–H and O–H groups in total. The van der Waals surface area contributed by atoms with Crippen LogP contribution in [0.4, 0.5) is 0 Å². The van der Waals surface area contributed by atoms with Crippen molar-refractivity contribution in [3.8, 4) is 22.5 Å². The summed E-state index contributed by atoms with van der Waals surface area (Å²) in [7, 11) is 0. The molecule has 0 saturated carbocycles. The summed E-state index contributed by atoms with van der Waals surface area (Å²) in [5.74, 6) is -0.569. The third-order valence-electron chi connectivity index (χ3n) is 3.94. The highest BCUT2D eigenvalue weighted by molar-refractivity contribution is 6.33. The second kappa shape index (κ2) is 6.03. The normalized spacial score (nSPS) is 10.9. The molecule has 0 aliphatic carbocycles. The summed E-state index contributed by atoms with van der Waals surface area (Å²) >= 11 is 6.28. The maximum absolute atomic E-state index is 12.1. The Hall–Kier alpha value is -3.18. The van der Waals surface area contributed by atoms with E-state index in [0.29, 0.717) is 27.6 Å². The molecular weight excluding hydrogens is 336 g/mol. The fourth-order valence-corrected chi connectivity index (χ4v) is 3.03. The van der Waals surface area contributed by atoms with E-state index in [4.69, 9.17) is 17.3 Å². The van der Waals surface area contributed by atoms with Gasteiger partial charge in [-0.15, -0.1) is 0 Å². The highest BCUT2D eigenvalue weighted by Gasteiger charge is 2.20. The molecule has 3 heterocycles. The number of halogens is 1. The fraction of sp³-hybridized carbons (Fsp3) is 0. The molecule has 0 atom stereocenters. The minimum Gasteiger partial charge on any atom is -0.364 e. The second-order valence-electron chi connectivity index (χ2n) is 5.51. The van der Waals surface area contributed by atoms with Crippen molar-refractivity contribution in [1.29, 1.82) is 0 Å². The van der Waals surface area contributed by atoms with Gasteiger partial charge in [-0.05, 0) is 30.3 Å². The lowest BCUT2D eigenvalue weighted by Gasteiger charge is -2.05. The van der Waals surface area contributed by atoms with E-state index in [2.05, 4.69) is 9.97 Å². The first-order valence-electron chi connectivity index (χ1n) is 7.63. The summed E-state index contributed by atoms with van der Waals surface area (Å²) in [6, 6.07) is 16.6. The molecule has 1 amide bonds. The van der Waals surface area contributed by atoms with Gasteiger partial charge in [-0.2, -0.15) is 0 Å². The van der Waals surface area contributed by atoms with Crippen LogP contribution in [-0.2, 0) is 0 Å². The molecule has 0 radical (unpaired) electrons. The van der Waals surface area contributed by atoms with E-state index in [1.54, 1.807) is 16.7 Å². The van der Waals surface area contributed by atoms with E-state index in [9.17, 15) is 4.79 Å². The predicted molar refractivity (Wildman–Crippen MR) is 97.4 cm³/mol. The van der Waals surface area contributed by atoms with Crippen molar-refractivity contribution >= 4 is 23.2 Å². The summed E-state index contributed by atoms with van der Waals surface area (Å²) in [6.45, 7) is 0. The highest BCUT2D eigenvalue weighted by Crippen LogP contribution is 2.31. The van der Waals surface area contributed by atoms with E-state index in [1.807, 2.05) is 54.7 Å². The van der Waals surface area contributed by atoms with Gasteiger partial charge in [0.05, 0.1) is 10.7 Å². The van der Waals surface area contributed by atoms with Gasteiger partial charge in [0, 0.05) is 23.5 Å². The van der Waals surface area contributed by atoms with Gasteiger partial charge in [-0.25, -0.2) is 4.98 Å². The van der Waals surface area contributed by atoms with Crippen LogP contribution in [0.25, 0.3) is 28.2 Å². The Bertz CT molecular complexity index is 1090. The third kappa shape index (κ3) is 2.64. The van der Waals surface area contributed by atoms with E-state index in [0.717, 1.165) is 11.3 Å². The van der Waals surface area contributed by atoms with Gasteiger partial charge in [-0.3, -0.25) is 14.2 Å². The average Bonchev–Trinajstić information content (AvgIpc) is 3.01. The first-order valence-corrected chi connectivity index (χ1v) is 8.01. The van der Waals surface area contributed by atoms with Gasteiger partial charge in [-0.1, -0.05) is 35.9 Å². The van der Waals surface area contributed by atoms with Crippen molar-refractivity contribution in [3.63, 3.8) is 0 Å². The number of amides is 1. The standard InChI is InChI=1S/C19H13ClN4O/c20-14-6-2-1-5-13(14)17-18(19(21)25)24-11-12(8-9-16(24)23-17)15-7-3-4-10-22-15/h1-11H,(H2,21,25). The zero-order valence-corrected chi connectivity index (χ0v) is 13.8. The number of hydrogen-bond acceptors (Lipinski definition) is 3. The molecule has 0 saturated heterocycles. The number of nitrogens with zero attached hydrogens (tertiary/aromatic N) is 3. The van der Waals surface area contributed by atoms with Crippen molar-refractivity contribution in [2.24, 2.45) is 5.73 Å². The smallest absolute Gasteiger partial charge is 0.268 e. The van der Waals surface area contributed by atoms with Crippen molar-refractivity contribution in [2.45, 2.75) is 0 Å². The molecule has 0 fully saturated rings. The Labute approximate surface area is 148 Å². The van der Waals surface area contributed by atoms with Crippen LogP contribution >= 0.6 is 11.6 Å². The van der Waals surface area contributed by atoms with E-state index in [1.165, 1.54) is 0 Å². The van der Waals surface area contributed by atoms with Crippen LogP contribution in [-0.4, -0.2) is 20.3 Å². The number of carbonyl (C=O) groups is 1. The van der Waals surface area contributed by atoms with Gasteiger partial charge in [0.25, 0.3) is 5.91 Å². The fourth-order valence-electron chi connectivity index (χ4n) is 2.81. The molecule has 6 heteroatoms. The van der Waals surface area contributed by atoms with Gasteiger partial charge >= 0.3 is 0 Å². The average molecular weight is 349 g/mol. The largest absolute Gasteiger partial charge is 0.364 e. The molecule has 0 aliphatic heterocycles. The summed E-state index contributed by atoms with van der Waals surface area (Å²) in [5, 5.41) is 0.512. The van der Waals surface area contributed by atoms with Crippen LogP contribution in [0.15, 0.2) is 67.0 Å². The number of hydrogen-bond donors (Lipinski definition) is 1. The molecule has 5 nitrogen and oxygen atoms in total. The molecule has 122 valence electrons. The summed E-state index contributed by atoms with van der Waals surface area (Å²) in [6.07, 6.45) is 3.53. The molecule has 1 aromatic carbocycles. The monoisotopic (exact) mass is 348 g/mol. The molecule has 4 aromatic rings. The number of benzene rings is 1.